The van der Waals surface area contributed by atoms with Gasteiger partial charge in [0.15, 0.2) is 5.82 Å². The second-order valence-corrected chi connectivity index (χ2v) is 10.3. The van der Waals surface area contributed by atoms with Crippen molar-refractivity contribution in [3.63, 3.8) is 0 Å². The minimum absolute atomic E-state index is 0.234. The van der Waals surface area contributed by atoms with E-state index in [9.17, 15) is 4.79 Å². The van der Waals surface area contributed by atoms with Crippen molar-refractivity contribution in [2.45, 2.75) is 70.4 Å². The molecule has 2 heterocycles. The standard InChI is InChI=1S/C30H36N6O2/c1-22(23-13-6-4-7-14-23)21-26(38-28-19-12-17-25(32-28)24-15-8-5-9-16-24)30(2,3)29-33-34-35-36(29)20-11-10-18-27(31)37/h4-9,12-17,19,22,26H,10-11,18,20-21H2,1-3H3,(H2,31,37). The van der Waals surface area contributed by atoms with Gasteiger partial charge in [0.25, 0.3) is 0 Å². The van der Waals surface area contributed by atoms with Crippen LogP contribution in [0.1, 0.15) is 63.8 Å². The molecule has 2 N–H and O–H groups in total. The molecule has 0 aliphatic heterocycles. The van der Waals surface area contributed by atoms with Crippen LogP contribution in [0.5, 0.6) is 5.88 Å². The fourth-order valence-corrected chi connectivity index (χ4v) is 4.65. The van der Waals surface area contributed by atoms with Crippen LogP contribution in [0.4, 0.5) is 0 Å². The number of primary amides is 1. The van der Waals surface area contributed by atoms with Gasteiger partial charge < -0.3 is 10.5 Å². The van der Waals surface area contributed by atoms with Gasteiger partial charge in [0.2, 0.25) is 11.8 Å². The topological polar surface area (TPSA) is 109 Å². The highest BCUT2D eigenvalue weighted by Crippen LogP contribution is 2.35. The molecule has 0 fully saturated rings. The molecule has 4 rings (SSSR count). The number of rotatable bonds is 13. The molecule has 198 valence electrons. The Morgan fingerprint density at radius 1 is 0.974 bits per heavy atom. The molecule has 0 saturated carbocycles. The maximum absolute atomic E-state index is 11.1. The Bertz CT molecular complexity index is 1310. The number of hydrogen-bond acceptors (Lipinski definition) is 6. The largest absolute Gasteiger partial charge is 0.473 e. The van der Waals surface area contributed by atoms with E-state index in [-0.39, 0.29) is 17.9 Å². The number of aryl methyl sites for hydroxylation is 1. The number of nitrogens with zero attached hydrogens (tertiary/aromatic N) is 5. The minimum atomic E-state index is -0.541. The molecule has 0 saturated heterocycles. The average Bonchev–Trinajstić information content (AvgIpc) is 3.41. The fraction of sp³-hybridized carbons (Fsp3) is 0.367. The quantitative estimate of drug-likeness (QED) is 0.243. The first-order valence-electron chi connectivity index (χ1n) is 13.1. The summed E-state index contributed by atoms with van der Waals surface area (Å²) in [6.45, 7) is 7.04. The Hall–Kier alpha value is -4.07. The van der Waals surface area contributed by atoms with Gasteiger partial charge in [-0.1, -0.05) is 73.7 Å². The molecule has 1 amide bonds. The van der Waals surface area contributed by atoms with E-state index in [0.29, 0.717) is 25.3 Å². The molecule has 4 aromatic rings. The number of aromatic nitrogens is 5. The second-order valence-electron chi connectivity index (χ2n) is 10.3. The van der Waals surface area contributed by atoms with E-state index in [0.717, 1.165) is 29.9 Å². The van der Waals surface area contributed by atoms with Gasteiger partial charge >= 0.3 is 0 Å². The van der Waals surface area contributed by atoms with Gasteiger partial charge in [0, 0.05) is 24.6 Å². The van der Waals surface area contributed by atoms with Crippen molar-refractivity contribution in [1.29, 1.82) is 0 Å². The molecule has 0 radical (unpaired) electrons. The molecule has 8 nitrogen and oxygen atoms in total. The van der Waals surface area contributed by atoms with Crippen LogP contribution in [0, 0.1) is 0 Å². The molecule has 0 spiro atoms. The van der Waals surface area contributed by atoms with Crippen molar-refractivity contribution in [1.82, 2.24) is 25.2 Å². The summed E-state index contributed by atoms with van der Waals surface area (Å²) in [4.78, 5) is 16.0. The third kappa shape index (κ3) is 6.82. The Labute approximate surface area is 224 Å². The number of hydrogen-bond donors (Lipinski definition) is 1. The Balaban J connectivity index is 1.61. The van der Waals surface area contributed by atoms with Crippen LogP contribution in [-0.2, 0) is 16.8 Å². The lowest BCUT2D eigenvalue weighted by Gasteiger charge is -2.35. The Morgan fingerprint density at radius 2 is 1.68 bits per heavy atom. The summed E-state index contributed by atoms with van der Waals surface area (Å²) in [7, 11) is 0. The van der Waals surface area contributed by atoms with E-state index in [1.165, 1.54) is 5.56 Å². The summed E-state index contributed by atoms with van der Waals surface area (Å²) < 4.78 is 8.51. The molecule has 8 heteroatoms. The van der Waals surface area contributed by atoms with E-state index in [4.69, 9.17) is 15.5 Å². The van der Waals surface area contributed by atoms with Gasteiger partial charge in [0.05, 0.1) is 11.1 Å². The molecule has 38 heavy (non-hydrogen) atoms. The fourth-order valence-electron chi connectivity index (χ4n) is 4.65. The molecule has 0 aliphatic rings. The van der Waals surface area contributed by atoms with E-state index >= 15 is 0 Å². The van der Waals surface area contributed by atoms with Gasteiger partial charge in [-0.15, -0.1) is 5.10 Å². The van der Waals surface area contributed by atoms with Crippen molar-refractivity contribution in [2.75, 3.05) is 0 Å². The highest BCUT2D eigenvalue weighted by molar-refractivity contribution is 5.73. The Morgan fingerprint density at radius 3 is 2.39 bits per heavy atom. The normalized spacial score (nSPS) is 13.1. The van der Waals surface area contributed by atoms with Gasteiger partial charge in [-0.25, -0.2) is 9.67 Å². The van der Waals surface area contributed by atoms with Crippen LogP contribution in [0.3, 0.4) is 0 Å². The SMILES string of the molecule is CC(CC(Oc1cccc(-c2ccccc2)n1)C(C)(C)c1nnnn1CCCCC(N)=O)c1ccccc1. The molecule has 2 atom stereocenters. The molecule has 0 bridgehead atoms. The van der Waals surface area contributed by atoms with Gasteiger partial charge in [-0.05, 0) is 61.1 Å². The van der Waals surface area contributed by atoms with E-state index in [2.05, 4.69) is 60.6 Å². The number of nitrogens with two attached hydrogens (primary N) is 1. The van der Waals surface area contributed by atoms with Crippen LogP contribution in [0.25, 0.3) is 11.3 Å². The zero-order chi connectivity index (χ0) is 27.0. The predicted octanol–water partition coefficient (Wildman–Crippen LogP) is 5.31. The summed E-state index contributed by atoms with van der Waals surface area (Å²) in [5.41, 5.74) is 7.89. The van der Waals surface area contributed by atoms with Gasteiger partial charge in [0.1, 0.15) is 6.10 Å². The number of unbranched alkanes of at least 4 members (excludes halogenated alkanes) is 1. The number of amides is 1. The number of carbonyl (C=O) groups is 1. The third-order valence-corrected chi connectivity index (χ3v) is 6.95. The summed E-state index contributed by atoms with van der Waals surface area (Å²) >= 11 is 0. The van der Waals surface area contributed by atoms with E-state index in [1.54, 1.807) is 0 Å². The first-order valence-corrected chi connectivity index (χ1v) is 13.1. The highest BCUT2D eigenvalue weighted by atomic mass is 16.5. The first kappa shape index (κ1) is 27.0. The Kier molecular flexibility index (Phi) is 8.84. The van der Waals surface area contributed by atoms with Crippen molar-refractivity contribution < 1.29 is 9.53 Å². The molecule has 2 aromatic heterocycles. The summed E-state index contributed by atoms with van der Waals surface area (Å²) in [6, 6.07) is 26.4. The summed E-state index contributed by atoms with van der Waals surface area (Å²) in [6.07, 6.45) is 2.26. The predicted molar refractivity (Wildman–Crippen MR) is 147 cm³/mol. The smallest absolute Gasteiger partial charge is 0.217 e. The lowest BCUT2D eigenvalue weighted by molar-refractivity contribution is -0.118. The zero-order valence-corrected chi connectivity index (χ0v) is 22.3. The van der Waals surface area contributed by atoms with Crippen molar-refractivity contribution in [3.05, 3.63) is 90.3 Å². The van der Waals surface area contributed by atoms with E-state index < -0.39 is 5.41 Å². The van der Waals surface area contributed by atoms with E-state index in [1.807, 2.05) is 59.3 Å². The number of ether oxygens (including phenoxy) is 1. The van der Waals surface area contributed by atoms with Crippen LogP contribution >= 0.6 is 0 Å². The number of tetrazole rings is 1. The van der Waals surface area contributed by atoms with Crippen LogP contribution in [0.15, 0.2) is 78.9 Å². The number of benzene rings is 2. The molecular formula is C30H36N6O2. The van der Waals surface area contributed by atoms with Gasteiger partial charge in [-0.2, -0.15) is 0 Å². The lowest BCUT2D eigenvalue weighted by Crippen LogP contribution is -2.42. The van der Waals surface area contributed by atoms with Crippen molar-refractivity contribution in [2.24, 2.45) is 5.73 Å². The second kappa shape index (κ2) is 12.4. The third-order valence-electron chi connectivity index (χ3n) is 6.95. The van der Waals surface area contributed by atoms with Crippen molar-refractivity contribution in [3.8, 4) is 17.1 Å². The van der Waals surface area contributed by atoms with Crippen molar-refractivity contribution >= 4 is 5.91 Å². The lowest BCUT2D eigenvalue weighted by atomic mass is 9.79. The number of carbonyl (C=O) groups excluding carboxylic acids is 1. The summed E-state index contributed by atoms with van der Waals surface area (Å²) in [5, 5.41) is 12.7. The van der Waals surface area contributed by atoms with Crippen LogP contribution in [-0.4, -0.2) is 37.2 Å². The molecular weight excluding hydrogens is 476 g/mol. The van der Waals surface area contributed by atoms with Gasteiger partial charge in [-0.3, -0.25) is 4.79 Å². The maximum Gasteiger partial charge on any atom is 0.217 e. The molecule has 0 aliphatic carbocycles. The molecule has 2 aromatic carbocycles. The maximum atomic E-state index is 11.1. The first-order chi connectivity index (χ1) is 18.3. The van der Waals surface area contributed by atoms with Crippen LogP contribution < -0.4 is 10.5 Å². The monoisotopic (exact) mass is 512 g/mol. The molecule has 2 unspecified atom stereocenters. The average molecular weight is 513 g/mol. The zero-order valence-electron chi connectivity index (χ0n) is 22.3. The minimum Gasteiger partial charge on any atom is -0.473 e. The number of pyridine rings is 1. The summed E-state index contributed by atoms with van der Waals surface area (Å²) in [5.74, 6) is 1.24. The van der Waals surface area contributed by atoms with Crippen LogP contribution in [0.2, 0.25) is 0 Å². The highest BCUT2D eigenvalue weighted by Gasteiger charge is 2.39.